The van der Waals surface area contributed by atoms with Crippen molar-refractivity contribution in [1.29, 1.82) is 0 Å². The van der Waals surface area contributed by atoms with E-state index < -0.39 is 6.43 Å². The van der Waals surface area contributed by atoms with Crippen LogP contribution in [0.3, 0.4) is 0 Å². The van der Waals surface area contributed by atoms with Crippen LogP contribution < -0.4 is 4.74 Å². The molecule has 0 saturated carbocycles. The minimum atomic E-state index is -2.49. The van der Waals surface area contributed by atoms with Gasteiger partial charge in [0, 0.05) is 0 Å². The maximum Gasteiger partial charge on any atom is 0.267 e. The fourth-order valence-corrected chi connectivity index (χ4v) is 1.68. The molecule has 0 fully saturated rings. The van der Waals surface area contributed by atoms with Crippen molar-refractivity contribution in [2.45, 2.75) is 33.6 Å². The lowest BCUT2D eigenvalue weighted by Crippen LogP contribution is -2.09. The zero-order valence-electron chi connectivity index (χ0n) is 10.2. The van der Waals surface area contributed by atoms with Crippen LogP contribution in [0.15, 0.2) is 18.2 Å². The van der Waals surface area contributed by atoms with E-state index >= 15 is 0 Å². The SMILES string of the molecule is COc1ccc(CC(C)(C)C)cc1C(F)F. The third-order valence-corrected chi connectivity index (χ3v) is 2.26. The number of benzene rings is 1. The second-order valence-corrected chi connectivity index (χ2v) is 5.11. The normalized spacial score (nSPS) is 11.9. The topological polar surface area (TPSA) is 9.23 Å². The van der Waals surface area contributed by atoms with Crippen molar-refractivity contribution in [3.8, 4) is 5.75 Å². The molecule has 0 N–H and O–H groups in total. The molecular formula is C13H18F2O. The highest BCUT2D eigenvalue weighted by atomic mass is 19.3. The van der Waals surface area contributed by atoms with Gasteiger partial charge in [-0.1, -0.05) is 26.8 Å². The van der Waals surface area contributed by atoms with E-state index in [4.69, 9.17) is 4.74 Å². The van der Waals surface area contributed by atoms with Gasteiger partial charge in [0.15, 0.2) is 0 Å². The van der Waals surface area contributed by atoms with Gasteiger partial charge >= 0.3 is 0 Å². The van der Waals surface area contributed by atoms with Gasteiger partial charge in [0.2, 0.25) is 0 Å². The molecule has 1 aromatic rings. The van der Waals surface area contributed by atoms with Crippen LogP contribution in [-0.4, -0.2) is 7.11 Å². The lowest BCUT2D eigenvalue weighted by Gasteiger charge is -2.19. The van der Waals surface area contributed by atoms with E-state index in [-0.39, 0.29) is 16.7 Å². The molecule has 1 rings (SSSR count). The van der Waals surface area contributed by atoms with Crippen LogP contribution in [0.1, 0.15) is 38.3 Å². The van der Waals surface area contributed by atoms with Crippen LogP contribution in [-0.2, 0) is 6.42 Å². The second-order valence-electron chi connectivity index (χ2n) is 5.11. The van der Waals surface area contributed by atoms with E-state index in [2.05, 4.69) is 20.8 Å². The summed E-state index contributed by atoms with van der Waals surface area (Å²) in [4.78, 5) is 0. The van der Waals surface area contributed by atoms with Crippen molar-refractivity contribution in [1.82, 2.24) is 0 Å². The largest absolute Gasteiger partial charge is 0.496 e. The zero-order chi connectivity index (χ0) is 12.3. The van der Waals surface area contributed by atoms with Crippen LogP contribution in [0.2, 0.25) is 0 Å². The Kier molecular flexibility index (Phi) is 3.89. The van der Waals surface area contributed by atoms with Crippen molar-refractivity contribution in [2.75, 3.05) is 7.11 Å². The Morgan fingerprint density at radius 2 is 1.88 bits per heavy atom. The number of rotatable bonds is 3. The molecule has 0 atom stereocenters. The summed E-state index contributed by atoms with van der Waals surface area (Å²) in [7, 11) is 1.41. The first kappa shape index (κ1) is 12.9. The number of ether oxygens (including phenoxy) is 1. The van der Waals surface area contributed by atoms with Crippen molar-refractivity contribution in [2.24, 2.45) is 5.41 Å². The lowest BCUT2D eigenvalue weighted by molar-refractivity contribution is 0.147. The van der Waals surface area contributed by atoms with Gasteiger partial charge in [0.1, 0.15) is 5.75 Å². The molecule has 90 valence electrons. The molecule has 16 heavy (non-hydrogen) atoms. The molecule has 0 aliphatic rings. The van der Waals surface area contributed by atoms with Gasteiger partial charge in [-0.2, -0.15) is 0 Å². The van der Waals surface area contributed by atoms with Gasteiger partial charge in [0.25, 0.3) is 6.43 Å². The number of hydrogen-bond acceptors (Lipinski definition) is 1. The summed E-state index contributed by atoms with van der Waals surface area (Å²) in [5.41, 5.74) is 0.987. The van der Waals surface area contributed by atoms with Gasteiger partial charge in [-0.3, -0.25) is 0 Å². The molecule has 0 amide bonds. The summed E-state index contributed by atoms with van der Waals surface area (Å²) >= 11 is 0. The van der Waals surface area contributed by atoms with Gasteiger partial charge in [-0.05, 0) is 29.5 Å². The zero-order valence-corrected chi connectivity index (χ0v) is 10.2. The van der Waals surface area contributed by atoms with Gasteiger partial charge in [-0.15, -0.1) is 0 Å². The van der Waals surface area contributed by atoms with E-state index in [1.165, 1.54) is 13.2 Å². The van der Waals surface area contributed by atoms with Gasteiger partial charge in [-0.25, -0.2) is 8.78 Å². The van der Waals surface area contributed by atoms with Crippen LogP contribution in [0.4, 0.5) is 8.78 Å². The molecule has 0 radical (unpaired) electrons. The summed E-state index contributed by atoms with van der Waals surface area (Å²) in [6.45, 7) is 6.25. The maximum atomic E-state index is 12.7. The van der Waals surface area contributed by atoms with Crippen LogP contribution in [0, 0.1) is 5.41 Å². The first-order valence-electron chi connectivity index (χ1n) is 5.28. The second kappa shape index (κ2) is 4.81. The molecule has 0 aromatic heterocycles. The minimum absolute atomic E-state index is 0.0238. The number of methoxy groups -OCH3 is 1. The van der Waals surface area contributed by atoms with E-state index in [0.717, 1.165) is 12.0 Å². The lowest BCUT2D eigenvalue weighted by atomic mass is 9.87. The predicted molar refractivity (Wildman–Crippen MR) is 61.1 cm³/mol. The Morgan fingerprint density at radius 1 is 1.25 bits per heavy atom. The molecule has 1 aromatic carbocycles. The fraction of sp³-hybridized carbons (Fsp3) is 0.538. The monoisotopic (exact) mass is 228 g/mol. The van der Waals surface area contributed by atoms with Gasteiger partial charge in [0.05, 0.1) is 12.7 Å². The summed E-state index contributed by atoms with van der Waals surface area (Å²) in [6.07, 6.45) is -1.72. The third-order valence-electron chi connectivity index (χ3n) is 2.26. The van der Waals surface area contributed by atoms with Crippen molar-refractivity contribution < 1.29 is 13.5 Å². The number of alkyl halides is 2. The highest BCUT2D eigenvalue weighted by Gasteiger charge is 2.17. The van der Waals surface area contributed by atoms with Crippen LogP contribution in [0.25, 0.3) is 0 Å². The molecule has 1 nitrogen and oxygen atoms in total. The molecule has 0 unspecified atom stereocenters. The smallest absolute Gasteiger partial charge is 0.267 e. The number of hydrogen-bond donors (Lipinski definition) is 0. The number of halogens is 2. The third kappa shape index (κ3) is 3.47. The Morgan fingerprint density at radius 3 is 2.31 bits per heavy atom. The molecule has 0 saturated heterocycles. The van der Waals surface area contributed by atoms with Gasteiger partial charge < -0.3 is 4.74 Å². The predicted octanol–water partition coefficient (Wildman–Crippen LogP) is 4.22. The molecule has 3 heteroatoms. The van der Waals surface area contributed by atoms with Crippen LogP contribution in [0.5, 0.6) is 5.75 Å². The quantitative estimate of drug-likeness (QED) is 0.752. The maximum absolute atomic E-state index is 12.7. The average molecular weight is 228 g/mol. The molecule has 0 heterocycles. The van der Waals surface area contributed by atoms with Crippen molar-refractivity contribution in [3.05, 3.63) is 29.3 Å². The highest BCUT2D eigenvalue weighted by molar-refractivity contribution is 5.38. The highest BCUT2D eigenvalue weighted by Crippen LogP contribution is 2.31. The summed E-state index contributed by atoms with van der Waals surface area (Å²) < 4.78 is 30.4. The molecule has 0 aliphatic carbocycles. The minimum Gasteiger partial charge on any atom is -0.496 e. The van der Waals surface area contributed by atoms with E-state index in [1.807, 2.05) is 6.07 Å². The first-order valence-corrected chi connectivity index (χ1v) is 5.28. The Labute approximate surface area is 95.4 Å². The Hall–Kier alpha value is -1.12. The van der Waals surface area contributed by atoms with Crippen LogP contribution >= 0.6 is 0 Å². The Bertz CT molecular complexity index is 353. The molecule has 0 aliphatic heterocycles. The molecule has 0 spiro atoms. The fourth-order valence-electron chi connectivity index (χ4n) is 1.68. The Balaban J connectivity index is 3.02. The van der Waals surface area contributed by atoms with Crippen molar-refractivity contribution >= 4 is 0 Å². The molecular weight excluding hydrogens is 210 g/mol. The van der Waals surface area contributed by atoms with E-state index in [0.29, 0.717) is 0 Å². The van der Waals surface area contributed by atoms with E-state index in [1.54, 1.807) is 6.07 Å². The summed E-state index contributed by atoms with van der Waals surface area (Å²) in [6, 6.07) is 4.99. The summed E-state index contributed by atoms with van der Waals surface area (Å²) in [5, 5.41) is 0. The van der Waals surface area contributed by atoms with E-state index in [9.17, 15) is 8.78 Å². The average Bonchev–Trinajstić information content (AvgIpc) is 2.15. The van der Waals surface area contributed by atoms with Crippen molar-refractivity contribution in [3.63, 3.8) is 0 Å². The standard InChI is InChI=1S/C13H18F2O/c1-13(2,3)8-9-5-6-11(16-4)10(7-9)12(14)15/h5-7,12H,8H2,1-4H3. The summed E-state index contributed by atoms with van der Waals surface area (Å²) in [5.74, 6) is 0.257. The first-order chi connectivity index (χ1) is 7.33. The molecule has 0 bridgehead atoms.